The van der Waals surface area contributed by atoms with Gasteiger partial charge in [0.15, 0.2) is 5.13 Å². The zero-order valence-corrected chi connectivity index (χ0v) is 16.6. The van der Waals surface area contributed by atoms with Gasteiger partial charge in [-0.1, -0.05) is 24.3 Å². The predicted octanol–water partition coefficient (Wildman–Crippen LogP) is 5.09. The van der Waals surface area contributed by atoms with Crippen molar-refractivity contribution in [3.05, 3.63) is 75.5 Å². The van der Waals surface area contributed by atoms with Crippen molar-refractivity contribution in [2.75, 3.05) is 4.90 Å². The van der Waals surface area contributed by atoms with E-state index >= 15 is 0 Å². The van der Waals surface area contributed by atoms with Gasteiger partial charge in [0, 0.05) is 16.8 Å². The van der Waals surface area contributed by atoms with Crippen LogP contribution in [0.15, 0.2) is 58.4 Å². The number of rotatable bonds is 5. The Kier molecular flexibility index (Phi) is 5.98. The molecule has 0 saturated carbocycles. The van der Waals surface area contributed by atoms with Crippen LogP contribution < -0.4 is 4.90 Å². The smallest absolute Gasteiger partial charge is 0.339 e. The van der Waals surface area contributed by atoms with E-state index in [0.29, 0.717) is 20.9 Å². The van der Waals surface area contributed by atoms with Gasteiger partial charge < -0.3 is 4.74 Å². The van der Waals surface area contributed by atoms with Crippen molar-refractivity contribution in [1.29, 1.82) is 0 Å². The van der Waals surface area contributed by atoms with E-state index < -0.39 is 11.8 Å². The standard InChI is InChI=1S/C19H14BrFN2O3S/c1-12(24)23(17-9-5-4-8-16(17)21)19-22-13(11-27-19)10-26-18(25)14-6-2-3-7-15(14)20/h2-9,11H,10H2,1H3. The van der Waals surface area contributed by atoms with Crippen LogP contribution in [0.3, 0.4) is 0 Å². The fraction of sp³-hybridized carbons (Fsp3) is 0.105. The summed E-state index contributed by atoms with van der Waals surface area (Å²) in [6.45, 7) is 1.28. The Morgan fingerprint density at radius 1 is 1.19 bits per heavy atom. The fourth-order valence-electron chi connectivity index (χ4n) is 2.35. The zero-order chi connectivity index (χ0) is 19.4. The third kappa shape index (κ3) is 4.40. The molecule has 27 heavy (non-hydrogen) atoms. The average Bonchev–Trinajstić information content (AvgIpc) is 3.10. The van der Waals surface area contributed by atoms with Crippen LogP contribution in [0.1, 0.15) is 23.0 Å². The molecule has 0 saturated heterocycles. The number of esters is 1. The lowest BCUT2D eigenvalue weighted by Gasteiger charge is -2.18. The van der Waals surface area contributed by atoms with E-state index in [4.69, 9.17) is 4.74 Å². The van der Waals surface area contributed by atoms with Gasteiger partial charge in [0.05, 0.1) is 16.9 Å². The summed E-state index contributed by atoms with van der Waals surface area (Å²) in [7, 11) is 0. The van der Waals surface area contributed by atoms with Gasteiger partial charge in [-0.05, 0) is 40.2 Å². The van der Waals surface area contributed by atoms with Crippen molar-refractivity contribution in [1.82, 2.24) is 4.98 Å². The first-order valence-corrected chi connectivity index (χ1v) is 9.56. The van der Waals surface area contributed by atoms with Crippen LogP contribution in [-0.2, 0) is 16.1 Å². The molecule has 5 nitrogen and oxygen atoms in total. The largest absolute Gasteiger partial charge is 0.456 e. The van der Waals surface area contributed by atoms with Gasteiger partial charge in [-0.25, -0.2) is 14.2 Å². The van der Waals surface area contributed by atoms with E-state index in [-0.39, 0.29) is 18.2 Å². The normalized spacial score (nSPS) is 10.5. The second kappa shape index (κ2) is 8.41. The average molecular weight is 449 g/mol. The van der Waals surface area contributed by atoms with Gasteiger partial charge in [-0.3, -0.25) is 9.69 Å². The number of halogens is 2. The molecule has 3 aromatic rings. The summed E-state index contributed by atoms with van der Waals surface area (Å²) in [4.78, 5) is 29.7. The molecule has 1 aromatic heterocycles. The zero-order valence-electron chi connectivity index (χ0n) is 14.2. The van der Waals surface area contributed by atoms with Gasteiger partial charge in [-0.15, -0.1) is 11.3 Å². The maximum atomic E-state index is 14.1. The molecule has 3 rings (SSSR count). The number of hydrogen-bond acceptors (Lipinski definition) is 5. The maximum absolute atomic E-state index is 14.1. The van der Waals surface area contributed by atoms with Crippen molar-refractivity contribution in [2.45, 2.75) is 13.5 Å². The number of carbonyl (C=O) groups excluding carboxylic acids is 2. The molecule has 1 amide bonds. The monoisotopic (exact) mass is 448 g/mol. The number of carbonyl (C=O) groups is 2. The Labute approximate surface area is 167 Å². The molecule has 8 heteroatoms. The second-order valence-electron chi connectivity index (χ2n) is 5.48. The van der Waals surface area contributed by atoms with Crippen molar-refractivity contribution in [3.63, 3.8) is 0 Å². The maximum Gasteiger partial charge on any atom is 0.339 e. The summed E-state index contributed by atoms with van der Waals surface area (Å²) < 4.78 is 20.0. The topological polar surface area (TPSA) is 59.5 Å². The van der Waals surface area contributed by atoms with Crippen LogP contribution in [0.5, 0.6) is 0 Å². The molecule has 0 fully saturated rings. The van der Waals surface area contributed by atoms with E-state index in [2.05, 4.69) is 20.9 Å². The minimum absolute atomic E-state index is 0.0559. The number of ether oxygens (including phenoxy) is 1. The predicted molar refractivity (Wildman–Crippen MR) is 105 cm³/mol. The Hall–Kier alpha value is -2.58. The van der Waals surface area contributed by atoms with Crippen LogP contribution in [0.2, 0.25) is 0 Å². The summed E-state index contributed by atoms with van der Waals surface area (Å²) in [5.41, 5.74) is 0.999. The molecular formula is C19H14BrFN2O3S. The van der Waals surface area contributed by atoms with Gasteiger partial charge in [0.1, 0.15) is 12.4 Å². The third-order valence-electron chi connectivity index (χ3n) is 3.58. The first-order chi connectivity index (χ1) is 13.0. The number of amides is 1. The summed E-state index contributed by atoms with van der Waals surface area (Å²) in [5.74, 6) is -1.38. The lowest BCUT2D eigenvalue weighted by atomic mass is 10.2. The fourth-order valence-corrected chi connectivity index (χ4v) is 3.66. The van der Waals surface area contributed by atoms with E-state index in [1.165, 1.54) is 35.3 Å². The Bertz CT molecular complexity index is 992. The van der Waals surface area contributed by atoms with Crippen molar-refractivity contribution >= 4 is 50.0 Å². The first-order valence-electron chi connectivity index (χ1n) is 7.88. The molecular weight excluding hydrogens is 435 g/mol. The lowest BCUT2D eigenvalue weighted by molar-refractivity contribution is -0.115. The van der Waals surface area contributed by atoms with Gasteiger partial charge in [0.2, 0.25) is 5.91 Å². The molecule has 0 aliphatic carbocycles. The third-order valence-corrected chi connectivity index (χ3v) is 5.15. The Balaban J connectivity index is 1.76. The van der Waals surface area contributed by atoms with Crippen LogP contribution >= 0.6 is 27.3 Å². The number of aromatic nitrogens is 1. The first kappa shape index (κ1) is 19.2. The lowest BCUT2D eigenvalue weighted by Crippen LogP contribution is -2.23. The second-order valence-corrected chi connectivity index (χ2v) is 7.17. The minimum atomic E-state index is -0.523. The Morgan fingerprint density at radius 2 is 1.89 bits per heavy atom. The molecule has 0 aliphatic rings. The molecule has 2 aromatic carbocycles. The molecule has 1 heterocycles. The summed E-state index contributed by atoms with van der Waals surface area (Å²) in [6, 6.07) is 12.9. The molecule has 0 radical (unpaired) electrons. The molecule has 0 spiro atoms. The van der Waals surface area contributed by atoms with Crippen LogP contribution in [-0.4, -0.2) is 16.9 Å². The van der Waals surface area contributed by atoms with Crippen LogP contribution in [0.25, 0.3) is 0 Å². The molecule has 138 valence electrons. The van der Waals surface area contributed by atoms with Crippen molar-refractivity contribution in [2.24, 2.45) is 0 Å². The highest BCUT2D eigenvalue weighted by molar-refractivity contribution is 9.10. The summed E-state index contributed by atoms with van der Waals surface area (Å²) in [6.07, 6.45) is 0. The van der Waals surface area contributed by atoms with E-state index in [0.717, 1.165) is 0 Å². The number of hydrogen-bond donors (Lipinski definition) is 0. The summed E-state index contributed by atoms with van der Waals surface area (Å²) >= 11 is 4.47. The molecule has 0 bridgehead atoms. The Morgan fingerprint density at radius 3 is 2.59 bits per heavy atom. The number of nitrogens with zero attached hydrogens (tertiary/aromatic N) is 2. The molecule has 0 atom stereocenters. The molecule has 0 unspecified atom stereocenters. The number of anilines is 2. The minimum Gasteiger partial charge on any atom is -0.456 e. The van der Waals surface area contributed by atoms with Crippen LogP contribution in [0, 0.1) is 5.82 Å². The number of thiazole rings is 1. The van der Waals surface area contributed by atoms with E-state index in [9.17, 15) is 14.0 Å². The van der Waals surface area contributed by atoms with Gasteiger partial charge in [-0.2, -0.15) is 0 Å². The van der Waals surface area contributed by atoms with E-state index in [1.807, 2.05) is 0 Å². The molecule has 0 N–H and O–H groups in total. The highest BCUT2D eigenvalue weighted by atomic mass is 79.9. The summed E-state index contributed by atoms with van der Waals surface area (Å²) in [5, 5.41) is 1.97. The highest BCUT2D eigenvalue weighted by Crippen LogP contribution is 2.31. The van der Waals surface area contributed by atoms with E-state index in [1.54, 1.807) is 41.8 Å². The highest BCUT2D eigenvalue weighted by Gasteiger charge is 2.21. The van der Waals surface area contributed by atoms with Gasteiger partial charge >= 0.3 is 5.97 Å². The molecule has 0 aliphatic heterocycles. The quantitative estimate of drug-likeness (QED) is 0.510. The number of benzene rings is 2. The van der Waals surface area contributed by atoms with Crippen molar-refractivity contribution < 1.29 is 18.7 Å². The number of para-hydroxylation sites is 1. The SMILES string of the molecule is CC(=O)N(c1nc(COC(=O)c2ccccc2Br)cs1)c1ccccc1F. The van der Waals surface area contributed by atoms with Gasteiger partial charge in [0.25, 0.3) is 0 Å². The van der Waals surface area contributed by atoms with Crippen molar-refractivity contribution in [3.8, 4) is 0 Å². The van der Waals surface area contributed by atoms with Crippen LogP contribution in [0.4, 0.5) is 15.2 Å².